The Morgan fingerprint density at radius 1 is 0.781 bits per heavy atom. The van der Waals surface area contributed by atoms with E-state index >= 15 is 0 Å². The second-order valence-electron chi connectivity index (χ2n) is 14.0. The van der Waals surface area contributed by atoms with Crippen molar-refractivity contribution in [3.63, 3.8) is 0 Å². The predicted octanol–water partition coefficient (Wildman–Crippen LogP) is 8.04. The molecule has 0 saturated heterocycles. The van der Waals surface area contributed by atoms with Crippen molar-refractivity contribution in [2.45, 2.75) is 112 Å². The Morgan fingerprint density at radius 3 is 1.78 bits per heavy atom. The van der Waals surface area contributed by atoms with Crippen LogP contribution in [-0.4, -0.2) is 11.4 Å². The zero-order valence-electron chi connectivity index (χ0n) is 22.7. The SMILES string of the molecule is C[C@@H]1c2cc(C(C)(C)C)cc(C(C)(C)C)c2O[C@@]12C=C(C(C)(C)C)C=C(C(C)(C)C)C2=O. The van der Waals surface area contributed by atoms with E-state index in [0.717, 1.165) is 16.9 Å². The van der Waals surface area contributed by atoms with Crippen LogP contribution in [0.5, 0.6) is 5.75 Å². The number of Topliss-reactive ketones (excluding diaryl/α,β-unsaturated/α-hetero) is 1. The molecule has 2 heteroatoms. The van der Waals surface area contributed by atoms with Crippen molar-refractivity contribution in [2.75, 3.05) is 0 Å². The lowest BCUT2D eigenvalue weighted by atomic mass is 9.66. The van der Waals surface area contributed by atoms with Gasteiger partial charge in [0.2, 0.25) is 5.78 Å². The molecule has 0 unspecified atom stereocenters. The molecule has 2 atom stereocenters. The van der Waals surface area contributed by atoms with Crippen molar-refractivity contribution in [1.82, 2.24) is 0 Å². The second kappa shape index (κ2) is 7.08. The van der Waals surface area contributed by atoms with E-state index in [1.54, 1.807) is 0 Å². The Kier molecular flexibility index (Phi) is 5.49. The van der Waals surface area contributed by atoms with E-state index in [2.05, 4.69) is 114 Å². The lowest BCUT2D eigenvalue weighted by Crippen LogP contribution is -2.49. The number of hydrogen-bond donors (Lipinski definition) is 0. The summed E-state index contributed by atoms with van der Waals surface area (Å²) in [5, 5.41) is 0. The number of ether oxygens (including phenoxy) is 1. The van der Waals surface area contributed by atoms with E-state index in [-0.39, 0.29) is 33.4 Å². The van der Waals surface area contributed by atoms with Crippen molar-refractivity contribution >= 4 is 5.78 Å². The largest absolute Gasteiger partial charge is 0.474 e. The van der Waals surface area contributed by atoms with Crippen molar-refractivity contribution in [2.24, 2.45) is 10.8 Å². The summed E-state index contributed by atoms with van der Waals surface area (Å²) >= 11 is 0. The average molecular weight is 437 g/mol. The fourth-order valence-corrected chi connectivity index (χ4v) is 4.72. The molecular weight excluding hydrogens is 392 g/mol. The van der Waals surface area contributed by atoms with E-state index in [0.29, 0.717) is 0 Å². The molecule has 32 heavy (non-hydrogen) atoms. The highest BCUT2D eigenvalue weighted by atomic mass is 16.5. The summed E-state index contributed by atoms with van der Waals surface area (Å²) in [6.07, 6.45) is 4.26. The first-order valence-corrected chi connectivity index (χ1v) is 12.1. The average Bonchev–Trinajstić information content (AvgIpc) is 2.86. The van der Waals surface area contributed by atoms with Gasteiger partial charge in [-0.3, -0.25) is 4.79 Å². The Morgan fingerprint density at radius 2 is 1.34 bits per heavy atom. The summed E-state index contributed by atoms with van der Waals surface area (Å²) in [7, 11) is 0. The minimum Gasteiger partial charge on any atom is -0.474 e. The number of carbonyl (C=O) groups is 1. The fraction of sp³-hybridized carbons (Fsp3) is 0.633. The van der Waals surface area contributed by atoms with Gasteiger partial charge in [-0.2, -0.15) is 0 Å². The van der Waals surface area contributed by atoms with Crippen LogP contribution in [0.1, 0.15) is 113 Å². The Balaban J connectivity index is 2.32. The molecule has 0 fully saturated rings. The first-order chi connectivity index (χ1) is 14.2. The van der Waals surface area contributed by atoms with Gasteiger partial charge in [-0.25, -0.2) is 0 Å². The molecule has 1 aromatic carbocycles. The molecule has 1 aromatic rings. The van der Waals surface area contributed by atoms with Gasteiger partial charge in [0.25, 0.3) is 0 Å². The van der Waals surface area contributed by atoms with E-state index in [1.165, 1.54) is 16.7 Å². The molecule has 2 nitrogen and oxygen atoms in total. The minimum atomic E-state index is -0.987. The normalized spacial score (nSPS) is 24.3. The molecule has 1 aliphatic carbocycles. The summed E-state index contributed by atoms with van der Waals surface area (Å²) in [4.78, 5) is 14.2. The quantitative estimate of drug-likeness (QED) is 0.411. The van der Waals surface area contributed by atoms with Crippen molar-refractivity contribution in [3.8, 4) is 5.75 Å². The molecule has 1 heterocycles. The Labute approximate surface area is 196 Å². The molecular formula is C30H44O2. The molecule has 176 valence electrons. The van der Waals surface area contributed by atoms with Gasteiger partial charge in [0.1, 0.15) is 5.75 Å². The molecule has 1 aliphatic heterocycles. The number of benzene rings is 1. The van der Waals surface area contributed by atoms with Crippen LogP contribution < -0.4 is 4.74 Å². The lowest BCUT2D eigenvalue weighted by Gasteiger charge is -2.39. The van der Waals surface area contributed by atoms with Crippen LogP contribution in [-0.2, 0) is 15.6 Å². The summed E-state index contributed by atoms with van der Waals surface area (Å²) in [6, 6.07) is 4.59. The van der Waals surface area contributed by atoms with E-state index in [4.69, 9.17) is 4.74 Å². The minimum absolute atomic E-state index is 0.0178. The maximum absolute atomic E-state index is 14.2. The molecule has 1 spiro atoms. The molecule has 0 aromatic heterocycles. The van der Waals surface area contributed by atoms with E-state index < -0.39 is 5.60 Å². The highest BCUT2D eigenvalue weighted by Gasteiger charge is 2.55. The monoisotopic (exact) mass is 436 g/mol. The first kappa shape index (κ1) is 24.8. The van der Waals surface area contributed by atoms with Crippen LogP contribution in [0, 0.1) is 10.8 Å². The van der Waals surface area contributed by atoms with Gasteiger partial charge in [-0.1, -0.05) is 108 Å². The van der Waals surface area contributed by atoms with Crippen molar-refractivity contribution in [1.29, 1.82) is 0 Å². The van der Waals surface area contributed by atoms with Crippen molar-refractivity contribution < 1.29 is 9.53 Å². The van der Waals surface area contributed by atoms with E-state index in [1.807, 2.05) is 0 Å². The van der Waals surface area contributed by atoms with Crippen LogP contribution in [0.15, 0.2) is 35.4 Å². The number of hydrogen-bond acceptors (Lipinski definition) is 2. The van der Waals surface area contributed by atoms with Gasteiger partial charge in [-0.05, 0) is 38.9 Å². The highest BCUT2D eigenvalue weighted by molar-refractivity contribution is 6.07. The second-order valence-corrected chi connectivity index (χ2v) is 14.0. The number of ketones is 1. The predicted molar refractivity (Wildman–Crippen MR) is 136 cm³/mol. The third kappa shape index (κ3) is 3.99. The third-order valence-corrected chi connectivity index (χ3v) is 7.12. The fourth-order valence-electron chi connectivity index (χ4n) is 4.72. The zero-order chi connectivity index (χ0) is 24.7. The molecule has 0 N–H and O–H groups in total. The maximum atomic E-state index is 14.2. The standard InChI is InChI=1S/C30H44O2/c1-18-21-14-19(26(2,3)4)15-22(28(8,9)10)24(21)32-30(18)17-20(27(5,6)7)16-23(25(30)31)29(11,12)13/h14-18H,1-13H3/t18-,30+/m1/s1. The molecule has 0 radical (unpaired) electrons. The molecule has 0 amide bonds. The van der Waals surface area contributed by atoms with Crippen LogP contribution in [0.2, 0.25) is 0 Å². The Hall–Kier alpha value is -1.83. The van der Waals surface area contributed by atoms with Crippen molar-refractivity contribution in [3.05, 3.63) is 52.1 Å². The summed E-state index contributed by atoms with van der Waals surface area (Å²) in [5.41, 5.74) is 4.29. The third-order valence-electron chi connectivity index (χ3n) is 7.12. The summed E-state index contributed by atoms with van der Waals surface area (Å²) < 4.78 is 6.87. The number of allylic oxidation sites excluding steroid dienone is 2. The maximum Gasteiger partial charge on any atom is 0.207 e. The first-order valence-electron chi connectivity index (χ1n) is 12.1. The van der Waals surface area contributed by atoms with Crippen LogP contribution in [0.25, 0.3) is 0 Å². The molecule has 2 aliphatic rings. The summed E-state index contributed by atoms with van der Waals surface area (Å²) in [6.45, 7) is 28.6. The van der Waals surface area contributed by atoms with Gasteiger partial charge in [-0.15, -0.1) is 0 Å². The van der Waals surface area contributed by atoms with Gasteiger partial charge in [0.05, 0.1) is 0 Å². The number of carbonyl (C=O) groups excluding carboxylic acids is 1. The van der Waals surface area contributed by atoms with Gasteiger partial charge in [0, 0.05) is 22.6 Å². The van der Waals surface area contributed by atoms with E-state index in [9.17, 15) is 4.79 Å². The lowest BCUT2D eigenvalue weighted by molar-refractivity contribution is -0.128. The van der Waals surface area contributed by atoms with Crippen LogP contribution >= 0.6 is 0 Å². The highest BCUT2D eigenvalue weighted by Crippen LogP contribution is 2.55. The molecule has 3 rings (SSSR count). The van der Waals surface area contributed by atoms with Gasteiger partial charge >= 0.3 is 0 Å². The smallest absolute Gasteiger partial charge is 0.207 e. The van der Waals surface area contributed by atoms with Crippen LogP contribution in [0.3, 0.4) is 0 Å². The Bertz CT molecular complexity index is 1010. The number of rotatable bonds is 0. The molecule has 0 saturated carbocycles. The van der Waals surface area contributed by atoms with Gasteiger partial charge < -0.3 is 4.74 Å². The molecule has 0 bridgehead atoms. The van der Waals surface area contributed by atoms with Gasteiger partial charge in [0.15, 0.2) is 5.60 Å². The van der Waals surface area contributed by atoms with Crippen LogP contribution in [0.4, 0.5) is 0 Å². The topological polar surface area (TPSA) is 26.3 Å². The summed E-state index contributed by atoms with van der Waals surface area (Å²) in [5.74, 6) is 0.960. The number of fused-ring (bicyclic) bond motifs is 1. The zero-order valence-corrected chi connectivity index (χ0v) is 22.7.